The van der Waals surface area contributed by atoms with Crippen LogP contribution in [-0.2, 0) is 12.3 Å². The van der Waals surface area contributed by atoms with Gasteiger partial charge in [0.15, 0.2) is 5.16 Å². The highest BCUT2D eigenvalue weighted by Crippen LogP contribution is 2.27. The number of benzene rings is 2. The van der Waals surface area contributed by atoms with Crippen LogP contribution < -0.4 is 5.32 Å². The average molecular weight is 500 g/mol. The van der Waals surface area contributed by atoms with Gasteiger partial charge in [0.05, 0.1) is 23.8 Å². The van der Waals surface area contributed by atoms with Gasteiger partial charge in [-0.3, -0.25) is 14.7 Å². The smallest absolute Gasteiger partial charge is 0.251 e. The molecule has 1 saturated heterocycles. The van der Waals surface area contributed by atoms with E-state index in [2.05, 4.69) is 57.9 Å². The van der Waals surface area contributed by atoms with Gasteiger partial charge in [-0.2, -0.15) is 0 Å². The molecule has 1 aliphatic rings. The molecule has 0 aliphatic carbocycles. The minimum atomic E-state index is 0.00426. The molecule has 6 nitrogen and oxygen atoms in total. The maximum absolute atomic E-state index is 12.7. The van der Waals surface area contributed by atoms with Crippen LogP contribution in [0.25, 0.3) is 11.0 Å². The number of aryl methyl sites for hydroxylation is 1. The molecule has 0 saturated carbocycles. The second kappa shape index (κ2) is 11.3. The van der Waals surface area contributed by atoms with E-state index in [-0.39, 0.29) is 5.91 Å². The molecule has 1 aliphatic heterocycles. The number of hydrogen-bond donors (Lipinski definition) is 1. The Kier molecular flexibility index (Phi) is 7.68. The lowest BCUT2D eigenvalue weighted by Crippen LogP contribution is -2.40. The molecule has 0 unspecified atom stereocenters. The summed E-state index contributed by atoms with van der Waals surface area (Å²) in [6, 6.07) is 19.0. The highest BCUT2D eigenvalue weighted by molar-refractivity contribution is 7.98. The zero-order valence-electron chi connectivity index (χ0n) is 21.0. The Morgan fingerprint density at radius 2 is 2.00 bits per heavy atom. The molecule has 186 valence electrons. The largest absolute Gasteiger partial charge is 0.350 e. The molecule has 2 aromatic heterocycles. The summed E-state index contributed by atoms with van der Waals surface area (Å²) in [5.41, 5.74) is 6.36. The molecule has 1 N–H and O–H groups in total. The van der Waals surface area contributed by atoms with Crippen molar-refractivity contribution >= 4 is 28.7 Å². The van der Waals surface area contributed by atoms with Gasteiger partial charge in [-0.25, -0.2) is 4.98 Å². The van der Waals surface area contributed by atoms with Crippen molar-refractivity contribution in [1.82, 2.24) is 24.8 Å². The predicted octanol–water partition coefficient (Wildman–Crippen LogP) is 5.29. The average Bonchev–Trinajstić information content (AvgIpc) is 3.50. The summed E-state index contributed by atoms with van der Waals surface area (Å²) in [5.74, 6) is 0.782. The molecular weight excluding hydrogens is 466 g/mol. The minimum Gasteiger partial charge on any atom is -0.350 e. The maximum atomic E-state index is 12.7. The summed E-state index contributed by atoms with van der Waals surface area (Å²) >= 11 is 1.71. The van der Waals surface area contributed by atoms with Gasteiger partial charge in [-0.05, 0) is 62.2 Å². The van der Waals surface area contributed by atoms with Gasteiger partial charge >= 0.3 is 0 Å². The second-order valence-corrected chi connectivity index (χ2v) is 10.4. The molecule has 7 heteroatoms. The van der Waals surface area contributed by atoms with Gasteiger partial charge in [0.2, 0.25) is 0 Å². The molecular formula is C29H33N5OS. The lowest BCUT2D eigenvalue weighted by atomic mass is 10.1. The summed E-state index contributed by atoms with van der Waals surface area (Å²) in [6.45, 7) is 7.95. The Balaban J connectivity index is 1.24. The molecule has 1 fully saturated rings. The standard InChI is InChI=1S/C29H33N5OS/c1-3-33-15-5-8-25(33)17-31-28(35)24-11-9-22(10-12-24)20-36-29-32-26-13-14-30-18-27(26)34(29)19-23-7-4-6-21(2)16-23/h4,6-7,9-14,16,18,25H,3,5,8,15,17,19-20H2,1-2H3,(H,31,35)/t25-/m1/s1. The van der Waals surface area contributed by atoms with Crippen molar-refractivity contribution in [2.75, 3.05) is 19.6 Å². The second-order valence-electron chi connectivity index (χ2n) is 9.45. The van der Waals surface area contributed by atoms with Crippen LogP contribution in [0, 0.1) is 6.92 Å². The maximum Gasteiger partial charge on any atom is 0.251 e. The lowest BCUT2D eigenvalue weighted by Gasteiger charge is -2.22. The number of likely N-dealkylation sites (tertiary alicyclic amines) is 1. The Morgan fingerprint density at radius 3 is 2.81 bits per heavy atom. The third kappa shape index (κ3) is 5.63. The van der Waals surface area contributed by atoms with Gasteiger partial charge in [0, 0.05) is 30.1 Å². The fourth-order valence-electron chi connectivity index (χ4n) is 4.96. The third-order valence-corrected chi connectivity index (χ3v) is 7.97. The monoisotopic (exact) mass is 499 g/mol. The fourth-order valence-corrected chi connectivity index (χ4v) is 5.93. The number of hydrogen-bond acceptors (Lipinski definition) is 5. The number of pyridine rings is 1. The third-order valence-electron chi connectivity index (χ3n) is 6.93. The van der Waals surface area contributed by atoms with Crippen LogP contribution in [0.5, 0.6) is 0 Å². The van der Waals surface area contributed by atoms with Crippen molar-refractivity contribution in [1.29, 1.82) is 0 Å². The first-order chi connectivity index (χ1) is 17.6. The summed E-state index contributed by atoms with van der Waals surface area (Å²) in [4.78, 5) is 24.3. The van der Waals surface area contributed by atoms with Crippen molar-refractivity contribution in [3.8, 4) is 0 Å². The molecule has 0 bridgehead atoms. The predicted molar refractivity (Wildman–Crippen MR) is 146 cm³/mol. The highest BCUT2D eigenvalue weighted by atomic mass is 32.2. The molecule has 0 spiro atoms. The van der Waals surface area contributed by atoms with Gasteiger partial charge in [0.25, 0.3) is 5.91 Å². The zero-order chi connectivity index (χ0) is 24.9. The van der Waals surface area contributed by atoms with E-state index in [0.29, 0.717) is 11.6 Å². The van der Waals surface area contributed by atoms with E-state index in [1.54, 1.807) is 18.0 Å². The van der Waals surface area contributed by atoms with Crippen molar-refractivity contribution in [2.24, 2.45) is 0 Å². The highest BCUT2D eigenvalue weighted by Gasteiger charge is 2.23. The molecule has 36 heavy (non-hydrogen) atoms. The van der Waals surface area contributed by atoms with E-state index >= 15 is 0 Å². The number of amides is 1. The van der Waals surface area contributed by atoms with Crippen LogP contribution in [-0.4, -0.2) is 51.0 Å². The molecule has 5 rings (SSSR count). The van der Waals surface area contributed by atoms with Gasteiger partial charge in [-0.15, -0.1) is 0 Å². The van der Waals surface area contributed by atoms with Crippen molar-refractivity contribution in [3.05, 3.63) is 89.2 Å². The summed E-state index contributed by atoms with van der Waals surface area (Å²) in [5, 5.41) is 4.10. The number of aromatic nitrogens is 3. The number of rotatable bonds is 9. The van der Waals surface area contributed by atoms with Crippen molar-refractivity contribution < 1.29 is 4.79 Å². The Hall–Kier alpha value is -3.16. The Labute approximate surface area is 217 Å². The van der Waals surface area contributed by atoms with Crippen LogP contribution in [0.2, 0.25) is 0 Å². The number of fused-ring (bicyclic) bond motifs is 1. The van der Waals surface area contributed by atoms with Crippen molar-refractivity contribution in [2.45, 2.75) is 50.2 Å². The summed E-state index contributed by atoms with van der Waals surface area (Å²) < 4.78 is 2.24. The van der Waals surface area contributed by atoms with Crippen LogP contribution >= 0.6 is 11.8 Å². The number of nitrogens with zero attached hydrogens (tertiary/aromatic N) is 4. The lowest BCUT2D eigenvalue weighted by molar-refractivity contribution is 0.0941. The first-order valence-corrected chi connectivity index (χ1v) is 13.7. The molecule has 4 aromatic rings. The van der Waals surface area contributed by atoms with Gasteiger partial charge in [0.1, 0.15) is 0 Å². The molecule has 1 amide bonds. The minimum absolute atomic E-state index is 0.00426. The Morgan fingerprint density at radius 1 is 1.14 bits per heavy atom. The normalized spacial score (nSPS) is 16.0. The van der Waals surface area contributed by atoms with E-state index in [4.69, 9.17) is 4.98 Å². The molecule has 2 aromatic carbocycles. The van der Waals surface area contributed by atoms with E-state index in [1.807, 2.05) is 36.5 Å². The number of carbonyl (C=O) groups is 1. The van der Waals surface area contributed by atoms with E-state index < -0.39 is 0 Å². The number of thioether (sulfide) groups is 1. The zero-order valence-corrected chi connectivity index (χ0v) is 21.8. The number of likely N-dealkylation sites (N-methyl/N-ethyl adjacent to an activating group) is 1. The molecule has 0 radical (unpaired) electrons. The van der Waals surface area contributed by atoms with E-state index in [0.717, 1.165) is 60.1 Å². The SMILES string of the molecule is CCN1CCC[C@@H]1CNC(=O)c1ccc(CSc2nc3ccncc3n2Cc2cccc(C)c2)cc1. The number of nitrogens with one attached hydrogen (secondary N) is 1. The Bertz CT molecular complexity index is 1330. The molecule has 3 heterocycles. The van der Waals surface area contributed by atoms with Crippen molar-refractivity contribution in [3.63, 3.8) is 0 Å². The van der Waals surface area contributed by atoms with Crippen LogP contribution in [0.1, 0.15) is 46.8 Å². The quantitative estimate of drug-likeness (QED) is 0.317. The molecule has 1 atom stereocenters. The van der Waals surface area contributed by atoms with Gasteiger partial charge in [-0.1, -0.05) is 60.6 Å². The number of carbonyl (C=O) groups excluding carboxylic acids is 1. The first kappa shape index (κ1) is 24.5. The van der Waals surface area contributed by atoms with E-state index in [9.17, 15) is 4.79 Å². The van der Waals surface area contributed by atoms with Gasteiger partial charge < -0.3 is 9.88 Å². The van der Waals surface area contributed by atoms with Crippen LogP contribution in [0.4, 0.5) is 0 Å². The first-order valence-electron chi connectivity index (χ1n) is 12.7. The fraction of sp³-hybridized carbons (Fsp3) is 0.345. The topological polar surface area (TPSA) is 63.1 Å². The number of imidazole rings is 1. The summed E-state index contributed by atoms with van der Waals surface area (Å²) in [6.07, 6.45) is 6.06. The van der Waals surface area contributed by atoms with E-state index in [1.165, 1.54) is 17.5 Å². The summed E-state index contributed by atoms with van der Waals surface area (Å²) in [7, 11) is 0. The van der Waals surface area contributed by atoms with Crippen LogP contribution in [0.15, 0.2) is 72.1 Å². The van der Waals surface area contributed by atoms with Crippen LogP contribution in [0.3, 0.4) is 0 Å².